The van der Waals surface area contributed by atoms with Crippen LogP contribution in [0.3, 0.4) is 0 Å². The van der Waals surface area contributed by atoms with Gasteiger partial charge in [0.25, 0.3) is 0 Å². The maximum absolute atomic E-state index is 9.29. The average Bonchev–Trinajstić information content (AvgIpc) is 2.22. The van der Waals surface area contributed by atoms with Gasteiger partial charge in [-0.3, -0.25) is 0 Å². The highest BCUT2D eigenvalue weighted by molar-refractivity contribution is 9.10. The highest BCUT2D eigenvalue weighted by Gasteiger charge is 2.04. The Morgan fingerprint density at radius 3 is 2.81 bits per heavy atom. The van der Waals surface area contributed by atoms with Crippen molar-refractivity contribution in [2.75, 3.05) is 0 Å². The molecule has 0 amide bonds. The molecule has 0 bridgehead atoms. The molecule has 0 fully saturated rings. The van der Waals surface area contributed by atoms with Crippen molar-refractivity contribution in [3.63, 3.8) is 0 Å². The molecule has 0 aliphatic heterocycles. The lowest BCUT2D eigenvalue weighted by molar-refractivity contribution is 0.443. The monoisotopic (exact) mass is 279 g/mol. The van der Waals surface area contributed by atoms with Gasteiger partial charge in [-0.2, -0.15) is 0 Å². The van der Waals surface area contributed by atoms with Crippen LogP contribution in [0.5, 0.6) is 17.4 Å². The number of benzene rings is 1. The number of ether oxygens (including phenoxy) is 1. The Morgan fingerprint density at radius 1 is 1.31 bits per heavy atom. The summed E-state index contributed by atoms with van der Waals surface area (Å²) in [6.07, 6.45) is 1.73. The van der Waals surface area contributed by atoms with E-state index in [0.717, 1.165) is 10.0 Å². The van der Waals surface area contributed by atoms with Gasteiger partial charge >= 0.3 is 0 Å². The molecule has 0 saturated heterocycles. The zero-order chi connectivity index (χ0) is 11.5. The Bertz CT molecular complexity index is 514. The number of hydrogen-bond donors (Lipinski definition) is 1. The van der Waals surface area contributed by atoms with Gasteiger partial charge in [0.05, 0.1) is 4.47 Å². The molecular formula is C12H10BrNO2. The van der Waals surface area contributed by atoms with E-state index in [1.54, 1.807) is 24.4 Å². The molecule has 82 valence electrons. The van der Waals surface area contributed by atoms with Crippen LogP contribution in [0.2, 0.25) is 0 Å². The maximum atomic E-state index is 9.29. The van der Waals surface area contributed by atoms with Gasteiger partial charge in [-0.15, -0.1) is 0 Å². The molecular weight excluding hydrogens is 270 g/mol. The van der Waals surface area contributed by atoms with Gasteiger partial charge in [0, 0.05) is 12.3 Å². The van der Waals surface area contributed by atoms with Crippen molar-refractivity contribution in [3.05, 3.63) is 46.6 Å². The summed E-state index contributed by atoms with van der Waals surface area (Å²) in [6, 6.07) is 8.52. The van der Waals surface area contributed by atoms with Crippen LogP contribution in [-0.4, -0.2) is 10.1 Å². The number of phenolic OH excluding ortho intramolecular Hbond substituents is 1. The Balaban J connectivity index is 2.27. The third-order valence-electron chi connectivity index (χ3n) is 1.98. The Morgan fingerprint density at radius 2 is 2.12 bits per heavy atom. The summed E-state index contributed by atoms with van der Waals surface area (Å²) < 4.78 is 6.31. The van der Waals surface area contributed by atoms with Crippen LogP contribution in [0, 0.1) is 6.92 Å². The average molecular weight is 280 g/mol. The van der Waals surface area contributed by atoms with E-state index in [4.69, 9.17) is 4.74 Å². The minimum Gasteiger partial charge on any atom is -0.508 e. The smallest absolute Gasteiger partial charge is 0.233 e. The molecule has 0 unspecified atom stereocenters. The van der Waals surface area contributed by atoms with Crippen molar-refractivity contribution < 1.29 is 9.84 Å². The topological polar surface area (TPSA) is 42.4 Å². The fourth-order valence-electron chi connectivity index (χ4n) is 1.25. The van der Waals surface area contributed by atoms with Gasteiger partial charge in [0.15, 0.2) is 0 Å². The van der Waals surface area contributed by atoms with E-state index in [9.17, 15) is 5.11 Å². The number of aromatic hydroxyl groups is 1. The molecule has 16 heavy (non-hydrogen) atoms. The molecule has 0 radical (unpaired) electrons. The first-order valence-electron chi connectivity index (χ1n) is 4.74. The number of pyridine rings is 1. The highest BCUT2D eigenvalue weighted by atomic mass is 79.9. The van der Waals surface area contributed by atoms with Crippen LogP contribution >= 0.6 is 15.9 Å². The lowest BCUT2D eigenvalue weighted by Crippen LogP contribution is -1.89. The fourth-order valence-corrected chi connectivity index (χ4v) is 1.80. The molecule has 1 heterocycles. The molecule has 0 saturated carbocycles. The molecule has 3 nitrogen and oxygen atoms in total. The van der Waals surface area contributed by atoms with Gasteiger partial charge in [-0.25, -0.2) is 4.98 Å². The van der Waals surface area contributed by atoms with Crippen LogP contribution in [-0.2, 0) is 0 Å². The van der Waals surface area contributed by atoms with Crippen molar-refractivity contribution in [1.29, 1.82) is 0 Å². The molecule has 2 rings (SSSR count). The second-order valence-electron chi connectivity index (χ2n) is 3.40. The summed E-state index contributed by atoms with van der Waals surface area (Å²) in [5.41, 5.74) is 1.05. The fraction of sp³-hybridized carbons (Fsp3) is 0.0833. The lowest BCUT2D eigenvalue weighted by Gasteiger charge is -2.07. The minimum absolute atomic E-state index is 0.167. The third-order valence-corrected chi connectivity index (χ3v) is 2.54. The number of aromatic nitrogens is 1. The summed E-state index contributed by atoms with van der Waals surface area (Å²) in [7, 11) is 0. The van der Waals surface area contributed by atoms with E-state index < -0.39 is 0 Å². The van der Waals surface area contributed by atoms with Gasteiger partial charge in [-0.1, -0.05) is 6.07 Å². The minimum atomic E-state index is 0.167. The number of hydrogen-bond acceptors (Lipinski definition) is 3. The summed E-state index contributed by atoms with van der Waals surface area (Å²) >= 11 is 3.37. The van der Waals surface area contributed by atoms with Gasteiger partial charge < -0.3 is 9.84 Å². The number of halogens is 1. The van der Waals surface area contributed by atoms with E-state index in [0.29, 0.717) is 11.6 Å². The van der Waals surface area contributed by atoms with Crippen LogP contribution in [0.25, 0.3) is 0 Å². The van der Waals surface area contributed by atoms with E-state index in [-0.39, 0.29) is 5.75 Å². The molecule has 0 atom stereocenters. The SMILES string of the molecule is Cc1cnc(Oc2cccc(O)c2)c(Br)c1. The second kappa shape index (κ2) is 4.53. The molecule has 0 aliphatic carbocycles. The molecule has 0 aliphatic rings. The molecule has 1 aromatic carbocycles. The normalized spacial score (nSPS) is 10.1. The van der Waals surface area contributed by atoms with E-state index >= 15 is 0 Å². The number of aryl methyl sites for hydroxylation is 1. The molecule has 0 spiro atoms. The summed E-state index contributed by atoms with van der Waals surface area (Å²) in [5.74, 6) is 1.20. The van der Waals surface area contributed by atoms with Crippen molar-refractivity contribution in [1.82, 2.24) is 4.98 Å². The maximum Gasteiger partial charge on any atom is 0.233 e. The third kappa shape index (κ3) is 2.52. The van der Waals surface area contributed by atoms with E-state index in [2.05, 4.69) is 20.9 Å². The van der Waals surface area contributed by atoms with Crippen LogP contribution in [0.4, 0.5) is 0 Å². The van der Waals surface area contributed by atoms with Crippen molar-refractivity contribution in [3.8, 4) is 17.4 Å². The zero-order valence-electron chi connectivity index (χ0n) is 8.64. The van der Waals surface area contributed by atoms with Crippen LogP contribution in [0.1, 0.15) is 5.56 Å². The first-order valence-corrected chi connectivity index (χ1v) is 5.53. The first kappa shape index (κ1) is 11.0. The van der Waals surface area contributed by atoms with E-state index in [1.807, 2.05) is 13.0 Å². The summed E-state index contributed by atoms with van der Waals surface area (Å²) in [5, 5.41) is 9.29. The van der Waals surface area contributed by atoms with Gasteiger partial charge in [0.1, 0.15) is 11.5 Å². The zero-order valence-corrected chi connectivity index (χ0v) is 10.2. The second-order valence-corrected chi connectivity index (χ2v) is 4.25. The summed E-state index contributed by atoms with van der Waals surface area (Å²) in [4.78, 5) is 4.15. The predicted molar refractivity (Wildman–Crippen MR) is 64.9 cm³/mol. The number of rotatable bonds is 2. The first-order chi connectivity index (χ1) is 7.65. The lowest BCUT2D eigenvalue weighted by atomic mass is 10.3. The Labute approximate surface area is 102 Å². The Hall–Kier alpha value is -1.55. The summed E-state index contributed by atoms with van der Waals surface area (Å²) in [6.45, 7) is 1.95. The molecule has 2 aromatic rings. The van der Waals surface area contributed by atoms with Crippen molar-refractivity contribution >= 4 is 15.9 Å². The standard InChI is InChI=1S/C12H10BrNO2/c1-8-5-11(13)12(14-7-8)16-10-4-2-3-9(15)6-10/h2-7,15H,1H3. The highest BCUT2D eigenvalue weighted by Crippen LogP contribution is 2.29. The number of phenols is 1. The predicted octanol–water partition coefficient (Wildman–Crippen LogP) is 3.65. The number of nitrogens with zero attached hydrogens (tertiary/aromatic N) is 1. The van der Waals surface area contributed by atoms with Crippen molar-refractivity contribution in [2.45, 2.75) is 6.92 Å². The van der Waals surface area contributed by atoms with Crippen LogP contribution in [0.15, 0.2) is 41.0 Å². The quantitative estimate of drug-likeness (QED) is 0.913. The molecule has 1 aromatic heterocycles. The van der Waals surface area contributed by atoms with Crippen molar-refractivity contribution in [2.24, 2.45) is 0 Å². The van der Waals surface area contributed by atoms with E-state index in [1.165, 1.54) is 6.07 Å². The van der Waals surface area contributed by atoms with Crippen LogP contribution < -0.4 is 4.74 Å². The van der Waals surface area contributed by atoms with Gasteiger partial charge in [-0.05, 0) is 46.6 Å². The Kier molecular flexibility index (Phi) is 3.10. The molecule has 1 N–H and O–H groups in total. The molecule has 4 heteroatoms. The van der Waals surface area contributed by atoms with Gasteiger partial charge in [0.2, 0.25) is 5.88 Å². The largest absolute Gasteiger partial charge is 0.508 e.